The number of aryl methyl sites for hydroxylation is 1. The Morgan fingerprint density at radius 2 is 2.00 bits per heavy atom. The van der Waals surface area contributed by atoms with Crippen molar-refractivity contribution >= 4 is 21.4 Å². The Morgan fingerprint density at radius 1 is 1.28 bits per heavy atom. The molecule has 0 amide bonds. The van der Waals surface area contributed by atoms with E-state index in [2.05, 4.69) is 0 Å². The van der Waals surface area contributed by atoms with E-state index in [4.69, 9.17) is 16.3 Å². The Balaban J connectivity index is 1.69. The van der Waals surface area contributed by atoms with E-state index in [0.717, 1.165) is 5.56 Å². The summed E-state index contributed by atoms with van der Waals surface area (Å²) in [6.07, 6.45) is -0.426. The second-order valence-corrected chi connectivity index (χ2v) is 10.1. The van der Waals surface area contributed by atoms with Crippen LogP contribution in [0, 0.1) is 12.7 Å². The minimum atomic E-state index is -3.13. The van der Waals surface area contributed by atoms with Gasteiger partial charge in [-0.1, -0.05) is 35.4 Å². The smallest absolute Gasteiger partial charge is 0.151 e. The highest BCUT2D eigenvalue weighted by Crippen LogP contribution is 2.25. The SMILES string of the molecule is Cc1ccc(OCC(O)CN(Cc2c(F)cccc2Cl)C2CCS(=O)(=O)C2)cc1. The van der Waals surface area contributed by atoms with Gasteiger partial charge in [-0.05, 0) is 37.6 Å². The van der Waals surface area contributed by atoms with Gasteiger partial charge in [0.15, 0.2) is 9.84 Å². The third-order valence-electron chi connectivity index (χ3n) is 5.06. The van der Waals surface area contributed by atoms with Crippen molar-refractivity contribution < 1.29 is 22.7 Å². The molecule has 1 aliphatic rings. The standard InChI is InChI=1S/C21H25ClFNO4S/c1-15-5-7-18(8-6-15)28-13-17(25)11-24(16-9-10-29(26,27)14-16)12-19-20(22)3-2-4-21(19)23/h2-8,16-17,25H,9-14H2,1H3. The van der Waals surface area contributed by atoms with E-state index < -0.39 is 21.8 Å². The molecular formula is C21H25ClFNO4S. The van der Waals surface area contributed by atoms with Crippen molar-refractivity contribution in [2.24, 2.45) is 0 Å². The molecule has 0 bridgehead atoms. The predicted octanol–water partition coefficient (Wildman–Crippen LogP) is 3.22. The molecule has 0 aromatic heterocycles. The number of aliphatic hydroxyl groups excluding tert-OH is 1. The lowest BCUT2D eigenvalue weighted by Gasteiger charge is -2.30. The third kappa shape index (κ3) is 6.15. The van der Waals surface area contributed by atoms with Gasteiger partial charge in [0.05, 0.1) is 11.5 Å². The van der Waals surface area contributed by atoms with Crippen LogP contribution in [0.25, 0.3) is 0 Å². The number of hydrogen-bond acceptors (Lipinski definition) is 5. The maximum Gasteiger partial charge on any atom is 0.151 e. The van der Waals surface area contributed by atoms with Crippen molar-refractivity contribution in [1.29, 1.82) is 0 Å². The van der Waals surface area contributed by atoms with E-state index in [1.807, 2.05) is 31.2 Å². The summed E-state index contributed by atoms with van der Waals surface area (Å²) in [4.78, 5) is 1.79. The van der Waals surface area contributed by atoms with Gasteiger partial charge >= 0.3 is 0 Å². The topological polar surface area (TPSA) is 66.8 Å². The fraction of sp³-hybridized carbons (Fsp3) is 0.429. The average molecular weight is 442 g/mol. The molecule has 1 aliphatic heterocycles. The van der Waals surface area contributed by atoms with Crippen molar-refractivity contribution in [3.05, 3.63) is 64.4 Å². The molecule has 0 spiro atoms. The molecule has 1 N–H and O–H groups in total. The number of nitrogens with zero attached hydrogens (tertiary/aromatic N) is 1. The van der Waals surface area contributed by atoms with Crippen molar-refractivity contribution in [3.8, 4) is 5.75 Å². The maximum absolute atomic E-state index is 14.3. The van der Waals surface area contributed by atoms with E-state index >= 15 is 0 Å². The van der Waals surface area contributed by atoms with E-state index in [1.165, 1.54) is 12.1 Å². The van der Waals surface area contributed by atoms with Gasteiger partial charge in [-0.2, -0.15) is 0 Å². The molecule has 2 unspecified atom stereocenters. The predicted molar refractivity (Wildman–Crippen MR) is 112 cm³/mol. The zero-order valence-corrected chi connectivity index (χ0v) is 17.8. The first-order valence-electron chi connectivity index (χ1n) is 9.48. The van der Waals surface area contributed by atoms with E-state index in [0.29, 0.717) is 17.7 Å². The van der Waals surface area contributed by atoms with Gasteiger partial charge < -0.3 is 9.84 Å². The summed E-state index contributed by atoms with van der Waals surface area (Å²) in [7, 11) is -3.13. The molecule has 3 rings (SSSR count). The summed E-state index contributed by atoms with van der Waals surface area (Å²) >= 11 is 6.15. The van der Waals surface area contributed by atoms with Gasteiger partial charge in [0.25, 0.3) is 0 Å². The van der Waals surface area contributed by atoms with E-state index in [1.54, 1.807) is 11.0 Å². The molecule has 8 heteroatoms. The van der Waals surface area contributed by atoms with Crippen LogP contribution in [0.2, 0.25) is 5.02 Å². The second-order valence-electron chi connectivity index (χ2n) is 7.46. The fourth-order valence-corrected chi connectivity index (χ4v) is 5.43. The second kappa shape index (κ2) is 9.43. The van der Waals surface area contributed by atoms with Crippen LogP contribution < -0.4 is 4.74 Å². The summed E-state index contributed by atoms with van der Waals surface area (Å²) in [6.45, 7) is 2.29. The quantitative estimate of drug-likeness (QED) is 0.681. The summed E-state index contributed by atoms with van der Waals surface area (Å²) < 4.78 is 43.8. The number of rotatable bonds is 8. The number of halogens is 2. The van der Waals surface area contributed by atoms with Gasteiger partial charge in [-0.3, -0.25) is 4.90 Å². The summed E-state index contributed by atoms with van der Waals surface area (Å²) in [5.74, 6) is 0.273. The van der Waals surface area contributed by atoms with Crippen LogP contribution in [-0.2, 0) is 16.4 Å². The molecular weight excluding hydrogens is 417 g/mol. The van der Waals surface area contributed by atoms with Crippen molar-refractivity contribution in [2.75, 3.05) is 24.7 Å². The summed E-state index contributed by atoms with van der Waals surface area (Å²) in [5, 5.41) is 10.8. The van der Waals surface area contributed by atoms with Crippen molar-refractivity contribution in [1.82, 2.24) is 4.90 Å². The molecule has 2 atom stereocenters. The zero-order valence-electron chi connectivity index (χ0n) is 16.2. The zero-order chi connectivity index (χ0) is 21.0. The summed E-state index contributed by atoms with van der Waals surface area (Å²) in [5.41, 5.74) is 1.40. The highest BCUT2D eigenvalue weighted by atomic mass is 35.5. The fourth-order valence-electron chi connectivity index (χ4n) is 3.44. The Hall–Kier alpha value is -1.67. The molecule has 1 fully saturated rings. The molecule has 0 aliphatic carbocycles. The van der Waals surface area contributed by atoms with Crippen LogP contribution in [0.4, 0.5) is 4.39 Å². The molecule has 2 aromatic rings. The normalized spacial score (nSPS) is 19.4. The summed E-state index contributed by atoms with van der Waals surface area (Å²) in [6, 6.07) is 11.6. The molecule has 0 radical (unpaired) electrons. The first-order valence-corrected chi connectivity index (χ1v) is 11.7. The highest BCUT2D eigenvalue weighted by Gasteiger charge is 2.33. The van der Waals surface area contributed by atoms with Gasteiger partial charge in [-0.15, -0.1) is 0 Å². The molecule has 2 aromatic carbocycles. The minimum Gasteiger partial charge on any atom is -0.491 e. The first kappa shape index (κ1) is 22.0. The monoisotopic (exact) mass is 441 g/mol. The van der Waals surface area contributed by atoms with E-state index in [-0.39, 0.29) is 42.3 Å². The van der Waals surface area contributed by atoms with Crippen molar-refractivity contribution in [3.63, 3.8) is 0 Å². The van der Waals surface area contributed by atoms with Crippen LogP contribution in [-0.4, -0.2) is 55.2 Å². The largest absolute Gasteiger partial charge is 0.491 e. The Labute approximate surface area is 176 Å². The number of aliphatic hydroxyl groups is 1. The highest BCUT2D eigenvalue weighted by molar-refractivity contribution is 7.91. The molecule has 158 valence electrons. The Bertz CT molecular complexity index is 916. The van der Waals surface area contributed by atoms with Crippen LogP contribution in [0.5, 0.6) is 5.75 Å². The van der Waals surface area contributed by atoms with Gasteiger partial charge in [0.2, 0.25) is 0 Å². The number of sulfone groups is 1. The van der Waals surface area contributed by atoms with Crippen LogP contribution in [0.3, 0.4) is 0 Å². The molecule has 1 heterocycles. The minimum absolute atomic E-state index is 0.00931. The third-order valence-corrected chi connectivity index (χ3v) is 7.16. The molecule has 29 heavy (non-hydrogen) atoms. The molecule has 5 nitrogen and oxygen atoms in total. The van der Waals surface area contributed by atoms with Gasteiger partial charge in [0.1, 0.15) is 24.3 Å². The van der Waals surface area contributed by atoms with Gasteiger partial charge in [-0.25, -0.2) is 12.8 Å². The number of benzene rings is 2. The van der Waals surface area contributed by atoms with Crippen LogP contribution in [0.1, 0.15) is 17.5 Å². The lowest BCUT2D eigenvalue weighted by molar-refractivity contribution is 0.0520. The Morgan fingerprint density at radius 3 is 2.62 bits per heavy atom. The van der Waals surface area contributed by atoms with Crippen LogP contribution in [0.15, 0.2) is 42.5 Å². The number of ether oxygens (including phenoxy) is 1. The molecule has 1 saturated heterocycles. The maximum atomic E-state index is 14.3. The van der Waals surface area contributed by atoms with Crippen LogP contribution >= 0.6 is 11.6 Å². The molecule has 0 saturated carbocycles. The Kier molecular flexibility index (Phi) is 7.16. The van der Waals surface area contributed by atoms with Gasteiger partial charge in [0, 0.05) is 29.7 Å². The average Bonchev–Trinajstić information content (AvgIpc) is 3.03. The first-order chi connectivity index (χ1) is 13.7. The lowest BCUT2D eigenvalue weighted by atomic mass is 10.1. The lowest BCUT2D eigenvalue weighted by Crippen LogP contribution is -2.42. The number of hydrogen-bond donors (Lipinski definition) is 1. The van der Waals surface area contributed by atoms with Crippen molar-refractivity contribution in [2.45, 2.75) is 32.0 Å². The van der Waals surface area contributed by atoms with E-state index in [9.17, 15) is 17.9 Å².